The van der Waals surface area contributed by atoms with Gasteiger partial charge in [0.25, 0.3) is 0 Å². The Hall–Kier alpha value is -0.850. The van der Waals surface area contributed by atoms with Gasteiger partial charge in [-0.1, -0.05) is 37.5 Å². The third kappa shape index (κ3) is 5.64. The van der Waals surface area contributed by atoms with Crippen LogP contribution in [0.15, 0.2) is 29.3 Å². The van der Waals surface area contributed by atoms with Gasteiger partial charge in [-0.2, -0.15) is 0 Å². The maximum Gasteiger partial charge on any atom is 0.188 e. The molecule has 0 aromatic heterocycles. The van der Waals surface area contributed by atoms with Crippen molar-refractivity contribution in [2.75, 3.05) is 6.54 Å². The van der Waals surface area contributed by atoms with Crippen LogP contribution in [0.25, 0.3) is 0 Å². The van der Waals surface area contributed by atoms with Crippen LogP contribution < -0.4 is 11.1 Å². The third-order valence-corrected chi connectivity index (χ3v) is 3.58. The number of nitrogens with zero attached hydrogens (tertiary/aromatic N) is 1. The van der Waals surface area contributed by atoms with E-state index in [-0.39, 0.29) is 29.8 Å². The molecule has 1 fully saturated rings. The zero-order valence-corrected chi connectivity index (χ0v) is 14.0. The molecule has 0 aliphatic heterocycles. The number of halogens is 2. The second-order valence-corrected chi connectivity index (χ2v) is 5.09. The second-order valence-electron chi connectivity index (χ2n) is 5.09. The fraction of sp³-hybridized carbons (Fsp3) is 0.533. The van der Waals surface area contributed by atoms with Crippen molar-refractivity contribution < 1.29 is 4.39 Å². The Bertz CT molecular complexity index is 431. The van der Waals surface area contributed by atoms with Crippen LogP contribution in [0.3, 0.4) is 0 Å². The van der Waals surface area contributed by atoms with E-state index >= 15 is 0 Å². The maximum absolute atomic E-state index is 13.4. The molecule has 5 heteroatoms. The number of aliphatic imine (C=N–C) groups is 1. The van der Waals surface area contributed by atoms with E-state index in [1.54, 1.807) is 12.1 Å². The highest BCUT2D eigenvalue weighted by atomic mass is 127. The molecule has 1 saturated carbocycles. The molecule has 1 aromatic rings. The SMILES string of the molecule is I.NC(=NCCc1ccccc1F)NC1CCCCC1. The molecule has 0 spiro atoms. The van der Waals surface area contributed by atoms with Gasteiger partial charge in [0.2, 0.25) is 0 Å². The molecular weight excluding hydrogens is 368 g/mol. The lowest BCUT2D eigenvalue weighted by Gasteiger charge is -2.23. The largest absolute Gasteiger partial charge is 0.370 e. The summed E-state index contributed by atoms with van der Waals surface area (Å²) in [4.78, 5) is 4.27. The summed E-state index contributed by atoms with van der Waals surface area (Å²) in [5.74, 6) is 0.319. The summed E-state index contributed by atoms with van der Waals surface area (Å²) >= 11 is 0. The third-order valence-electron chi connectivity index (χ3n) is 3.58. The summed E-state index contributed by atoms with van der Waals surface area (Å²) < 4.78 is 13.4. The zero-order chi connectivity index (χ0) is 13.5. The number of rotatable bonds is 4. The summed E-state index contributed by atoms with van der Waals surface area (Å²) in [5.41, 5.74) is 6.54. The molecule has 0 unspecified atom stereocenters. The van der Waals surface area contributed by atoms with Gasteiger partial charge in [-0.25, -0.2) is 4.39 Å². The van der Waals surface area contributed by atoms with Crippen molar-refractivity contribution in [1.29, 1.82) is 0 Å². The standard InChI is InChI=1S/C15H22FN3.HI/c16-14-9-5-4-6-12(14)10-11-18-15(17)19-13-7-2-1-3-8-13;/h4-6,9,13H,1-3,7-8,10-11H2,(H3,17,18,19);1H. The summed E-state index contributed by atoms with van der Waals surface area (Å²) in [6.07, 6.45) is 6.77. The van der Waals surface area contributed by atoms with Gasteiger partial charge in [0.1, 0.15) is 5.82 Å². The summed E-state index contributed by atoms with van der Waals surface area (Å²) in [6.45, 7) is 0.520. The first-order chi connectivity index (χ1) is 9.25. The highest BCUT2D eigenvalue weighted by Crippen LogP contribution is 2.17. The Labute approximate surface area is 137 Å². The molecule has 1 aliphatic rings. The van der Waals surface area contributed by atoms with E-state index in [1.807, 2.05) is 6.07 Å². The van der Waals surface area contributed by atoms with Gasteiger partial charge in [-0.3, -0.25) is 4.99 Å². The number of benzene rings is 1. The van der Waals surface area contributed by atoms with Crippen LogP contribution in [0.2, 0.25) is 0 Å². The van der Waals surface area contributed by atoms with E-state index < -0.39 is 0 Å². The van der Waals surface area contributed by atoms with E-state index in [1.165, 1.54) is 38.2 Å². The van der Waals surface area contributed by atoms with Crippen LogP contribution in [0, 0.1) is 5.82 Å². The Balaban J connectivity index is 0.00000200. The first-order valence-electron chi connectivity index (χ1n) is 7.05. The van der Waals surface area contributed by atoms with Gasteiger partial charge in [0.05, 0.1) is 0 Å². The van der Waals surface area contributed by atoms with Gasteiger partial charge >= 0.3 is 0 Å². The van der Waals surface area contributed by atoms with Crippen LogP contribution in [-0.4, -0.2) is 18.5 Å². The maximum atomic E-state index is 13.4. The van der Waals surface area contributed by atoms with Gasteiger partial charge in [0.15, 0.2) is 5.96 Å². The predicted molar refractivity (Wildman–Crippen MR) is 92.0 cm³/mol. The smallest absolute Gasteiger partial charge is 0.188 e. The molecule has 0 amide bonds. The minimum absolute atomic E-state index is 0. The quantitative estimate of drug-likeness (QED) is 0.471. The Kier molecular flexibility index (Phi) is 7.87. The van der Waals surface area contributed by atoms with Crippen molar-refractivity contribution >= 4 is 29.9 Å². The molecule has 0 heterocycles. The fourth-order valence-electron chi connectivity index (χ4n) is 2.50. The average molecular weight is 391 g/mol. The highest BCUT2D eigenvalue weighted by molar-refractivity contribution is 14.0. The molecule has 0 atom stereocenters. The molecule has 3 nitrogen and oxygen atoms in total. The van der Waals surface area contributed by atoms with E-state index in [0.717, 1.165) is 0 Å². The van der Waals surface area contributed by atoms with Crippen molar-refractivity contribution in [3.63, 3.8) is 0 Å². The molecule has 3 N–H and O–H groups in total. The van der Waals surface area contributed by atoms with Crippen LogP contribution >= 0.6 is 24.0 Å². The second kappa shape index (κ2) is 9.15. The minimum atomic E-state index is -0.170. The van der Waals surface area contributed by atoms with Gasteiger partial charge in [-0.15, -0.1) is 24.0 Å². The topological polar surface area (TPSA) is 50.4 Å². The molecule has 1 aromatic carbocycles. The molecule has 0 radical (unpaired) electrons. The van der Waals surface area contributed by atoms with Crippen molar-refractivity contribution in [3.05, 3.63) is 35.6 Å². The lowest BCUT2D eigenvalue weighted by molar-refractivity contribution is 0.412. The molecule has 20 heavy (non-hydrogen) atoms. The van der Waals surface area contributed by atoms with Crippen molar-refractivity contribution in [1.82, 2.24) is 5.32 Å². The summed E-state index contributed by atoms with van der Waals surface area (Å²) in [7, 11) is 0. The molecule has 112 valence electrons. The Morgan fingerprint density at radius 2 is 1.95 bits per heavy atom. The van der Waals surface area contributed by atoms with E-state index in [2.05, 4.69) is 10.3 Å². The molecule has 1 aliphatic carbocycles. The van der Waals surface area contributed by atoms with Crippen LogP contribution in [-0.2, 0) is 6.42 Å². The van der Waals surface area contributed by atoms with Crippen LogP contribution in [0.5, 0.6) is 0 Å². The average Bonchev–Trinajstić information content (AvgIpc) is 2.42. The monoisotopic (exact) mass is 391 g/mol. The van der Waals surface area contributed by atoms with Crippen molar-refractivity contribution in [2.24, 2.45) is 10.7 Å². The molecular formula is C15H23FIN3. The van der Waals surface area contributed by atoms with Gasteiger partial charge < -0.3 is 11.1 Å². The Morgan fingerprint density at radius 1 is 1.25 bits per heavy atom. The fourth-order valence-corrected chi connectivity index (χ4v) is 2.50. The first kappa shape index (κ1) is 17.2. The van der Waals surface area contributed by atoms with E-state index in [0.29, 0.717) is 30.5 Å². The van der Waals surface area contributed by atoms with Crippen LogP contribution in [0.4, 0.5) is 4.39 Å². The predicted octanol–water partition coefficient (Wildman–Crippen LogP) is 3.22. The van der Waals surface area contributed by atoms with Crippen molar-refractivity contribution in [2.45, 2.75) is 44.6 Å². The van der Waals surface area contributed by atoms with Gasteiger partial charge in [0, 0.05) is 12.6 Å². The number of nitrogens with one attached hydrogen (secondary N) is 1. The normalized spacial score (nSPS) is 16.6. The first-order valence-corrected chi connectivity index (χ1v) is 7.05. The van der Waals surface area contributed by atoms with Crippen molar-refractivity contribution in [3.8, 4) is 0 Å². The zero-order valence-electron chi connectivity index (χ0n) is 11.6. The summed E-state index contributed by atoms with van der Waals surface area (Å²) in [6, 6.07) is 7.26. The summed E-state index contributed by atoms with van der Waals surface area (Å²) in [5, 5.41) is 3.25. The number of nitrogens with two attached hydrogens (primary N) is 1. The number of guanidine groups is 1. The lowest BCUT2D eigenvalue weighted by Crippen LogP contribution is -2.41. The number of hydrogen-bond acceptors (Lipinski definition) is 1. The highest BCUT2D eigenvalue weighted by Gasteiger charge is 2.13. The molecule has 2 rings (SSSR count). The Morgan fingerprint density at radius 3 is 2.65 bits per heavy atom. The number of hydrogen-bond donors (Lipinski definition) is 2. The van der Waals surface area contributed by atoms with E-state index in [4.69, 9.17) is 5.73 Å². The molecule has 0 saturated heterocycles. The lowest BCUT2D eigenvalue weighted by atomic mass is 9.96. The van der Waals surface area contributed by atoms with Crippen LogP contribution in [0.1, 0.15) is 37.7 Å². The van der Waals surface area contributed by atoms with Gasteiger partial charge in [-0.05, 0) is 30.9 Å². The van der Waals surface area contributed by atoms with E-state index in [9.17, 15) is 4.39 Å². The minimum Gasteiger partial charge on any atom is -0.370 e. The molecule has 0 bridgehead atoms.